The molecule has 1 aliphatic rings. The summed E-state index contributed by atoms with van der Waals surface area (Å²) < 4.78 is 42.5. The summed E-state index contributed by atoms with van der Waals surface area (Å²) in [6, 6.07) is 5.27. The number of carbonyl (C=O) groups excluding carboxylic acids is 2. The summed E-state index contributed by atoms with van der Waals surface area (Å²) in [7, 11) is 0. The monoisotopic (exact) mass is 389 g/mol. The van der Waals surface area contributed by atoms with Crippen molar-refractivity contribution < 1.29 is 27.5 Å². The molecule has 0 radical (unpaired) electrons. The van der Waals surface area contributed by atoms with Gasteiger partial charge in [0.25, 0.3) is 5.91 Å². The number of nitrogens with zero attached hydrogens (tertiary/aromatic N) is 1. The van der Waals surface area contributed by atoms with Crippen molar-refractivity contribution in [3.05, 3.63) is 29.8 Å². The fourth-order valence-electron chi connectivity index (χ4n) is 3.08. The van der Waals surface area contributed by atoms with E-state index in [2.05, 4.69) is 0 Å². The number of amides is 1. The third-order valence-corrected chi connectivity index (χ3v) is 5.18. The SMILES string of the molecule is CCOC(=O)C1(C)CCCCCN1C(=O)c1ccc(SC(F)(F)F)cc1. The zero-order valence-corrected chi connectivity index (χ0v) is 15.6. The molecule has 0 aromatic heterocycles. The second kappa shape index (κ2) is 8.33. The van der Waals surface area contributed by atoms with E-state index in [9.17, 15) is 22.8 Å². The van der Waals surface area contributed by atoms with Gasteiger partial charge >= 0.3 is 11.5 Å². The number of hydrogen-bond acceptors (Lipinski definition) is 4. The minimum absolute atomic E-state index is 0.0121. The van der Waals surface area contributed by atoms with Crippen LogP contribution in [0.2, 0.25) is 0 Å². The van der Waals surface area contributed by atoms with Crippen LogP contribution in [-0.4, -0.2) is 41.0 Å². The van der Waals surface area contributed by atoms with E-state index in [4.69, 9.17) is 4.74 Å². The first-order valence-electron chi connectivity index (χ1n) is 8.52. The summed E-state index contributed by atoms with van der Waals surface area (Å²) in [5.41, 5.74) is -5.18. The molecule has 1 unspecified atom stereocenters. The highest BCUT2D eigenvalue weighted by Crippen LogP contribution is 2.37. The van der Waals surface area contributed by atoms with Gasteiger partial charge in [-0.1, -0.05) is 12.8 Å². The molecule has 1 amide bonds. The third kappa shape index (κ3) is 4.93. The molecule has 0 spiro atoms. The number of thioether (sulfide) groups is 1. The number of carbonyl (C=O) groups is 2. The van der Waals surface area contributed by atoms with E-state index in [1.807, 2.05) is 0 Å². The van der Waals surface area contributed by atoms with Crippen LogP contribution >= 0.6 is 11.8 Å². The highest BCUT2D eigenvalue weighted by Gasteiger charge is 2.44. The first-order valence-corrected chi connectivity index (χ1v) is 9.34. The number of rotatable bonds is 4. The van der Waals surface area contributed by atoms with Gasteiger partial charge in [0, 0.05) is 17.0 Å². The Bertz CT molecular complexity index is 648. The lowest BCUT2D eigenvalue weighted by molar-refractivity contribution is -0.155. The second-order valence-corrected chi connectivity index (χ2v) is 7.47. The van der Waals surface area contributed by atoms with Crippen LogP contribution in [-0.2, 0) is 9.53 Å². The van der Waals surface area contributed by atoms with Crippen molar-refractivity contribution in [1.29, 1.82) is 0 Å². The number of benzene rings is 1. The molecule has 1 aromatic rings. The lowest BCUT2D eigenvalue weighted by Gasteiger charge is -2.38. The molecular weight excluding hydrogens is 367 g/mol. The van der Waals surface area contributed by atoms with E-state index < -0.39 is 17.0 Å². The van der Waals surface area contributed by atoms with Gasteiger partial charge in [-0.25, -0.2) is 4.79 Å². The van der Waals surface area contributed by atoms with Gasteiger partial charge in [0.1, 0.15) is 5.54 Å². The van der Waals surface area contributed by atoms with Crippen LogP contribution in [0.4, 0.5) is 13.2 Å². The van der Waals surface area contributed by atoms with Crippen molar-refractivity contribution in [2.24, 2.45) is 0 Å². The van der Waals surface area contributed by atoms with E-state index in [0.29, 0.717) is 13.0 Å². The molecule has 0 N–H and O–H groups in total. The van der Waals surface area contributed by atoms with E-state index >= 15 is 0 Å². The highest BCUT2D eigenvalue weighted by molar-refractivity contribution is 8.00. The average Bonchev–Trinajstić information content (AvgIpc) is 2.76. The third-order valence-electron chi connectivity index (χ3n) is 4.44. The predicted molar refractivity (Wildman–Crippen MR) is 92.9 cm³/mol. The van der Waals surface area contributed by atoms with E-state index in [0.717, 1.165) is 19.3 Å². The topological polar surface area (TPSA) is 46.6 Å². The van der Waals surface area contributed by atoms with Crippen LogP contribution in [0.3, 0.4) is 0 Å². The maximum atomic E-state index is 13.0. The Morgan fingerprint density at radius 2 is 1.85 bits per heavy atom. The van der Waals surface area contributed by atoms with Crippen molar-refractivity contribution in [1.82, 2.24) is 4.90 Å². The molecule has 26 heavy (non-hydrogen) atoms. The van der Waals surface area contributed by atoms with Gasteiger partial charge in [-0.15, -0.1) is 0 Å². The molecular formula is C18H22F3NO3S. The maximum Gasteiger partial charge on any atom is 0.446 e. The van der Waals surface area contributed by atoms with Crippen molar-refractivity contribution in [3.63, 3.8) is 0 Å². The van der Waals surface area contributed by atoms with Gasteiger partial charge in [0.15, 0.2) is 0 Å². The van der Waals surface area contributed by atoms with Crippen LogP contribution in [0.5, 0.6) is 0 Å². The Morgan fingerprint density at radius 3 is 2.42 bits per heavy atom. The number of hydrogen-bond donors (Lipinski definition) is 0. The molecule has 8 heteroatoms. The molecule has 1 heterocycles. The standard InChI is InChI=1S/C18H22F3NO3S/c1-3-25-16(24)17(2)11-5-4-6-12-22(17)15(23)13-7-9-14(10-8-13)26-18(19,20)21/h7-10H,3-6,11-12H2,1-2H3. The number of esters is 1. The number of halogens is 3. The summed E-state index contributed by atoms with van der Waals surface area (Å²) in [5.74, 6) is -0.814. The Hall–Kier alpha value is -1.70. The Labute approximate surface area is 155 Å². The summed E-state index contributed by atoms with van der Waals surface area (Å²) in [6.45, 7) is 4.04. The average molecular weight is 389 g/mol. The second-order valence-electron chi connectivity index (χ2n) is 6.33. The number of ether oxygens (including phenoxy) is 1. The Morgan fingerprint density at radius 1 is 1.19 bits per heavy atom. The zero-order chi connectivity index (χ0) is 19.4. The van der Waals surface area contributed by atoms with Gasteiger partial charge in [-0.3, -0.25) is 4.79 Å². The molecule has 1 aromatic carbocycles. The molecule has 144 valence electrons. The summed E-state index contributed by atoms with van der Waals surface area (Å²) in [5, 5.41) is 0. The van der Waals surface area contributed by atoms with Gasteiger partial charge < -0.3 is 9.64 Å². The van der Waals surface area contributed by atoms with E-state index in [1.165, 1.54) is 29.2 Å². The predicted octanol–water partition coefficient (Wildman–Crippen LogP) is 4.64. The lowest BCUT2D eigenvalue weighted by Crippen LogP contribution is -2.55. The summed E-state index contributed by atoms with van der Waals surface area (Å²) in [4.78, 5) is 27.0. The van der Waals surface area contributed by atoms with E-state index in [1.54, 1.807) is 13.8 Å². The molecule has 1 atom stereocenters. The molecule has 1 aliphatic heterocycles. The maximum absolute atomic E-state index is 13.0. The van der Waals surface area contributed by atoms with Gasteiger partial charge in [-0.2, -0.15) is 13.2 Å². The molecule has 4 nitrogen and oxygen atoms in total. The van der Waals surface area contributed by atoms with Gasteiger partial charge in [-0.05, 0) is 62.7 Å². The molecule has 0 aliphatic carbocycles. The minimum atomic E-state index is -4.38. The normalized spacial score (nSPS) is 21.2. The van der Waals surface area contributed by atoms with Crippen molar-refractivity contribution in [2.75, 3.05) is 13.2 Å². The lowest BCUT2D eigenvalue weighted by atomic mass is 9.93. The summed E-state index contributed by atoms with van der Waals surface area (Å²) >= 11 is -0.228. The molecule has 1 saturated heterocycles. The van der Waals surface area contributed by atoms with Crippen molar-refractivity contribution in [3.8, 4) is 0 Å². The minimum Gasteiger partial charge on any atom is -0.464 e. The van der Waals surface area contributed by atoms with Crippen LogP contribution in [0, 0.1) is 0 Å². The first kappa shape index (κ1) is 20.6. The quantitative estimate of drug-likeness (QED) is 0.556. The fraction of sp³-hybridized carbons (Fsp3) is 0.556. The summed E-state index contributed by atoms with van der Waals surface area (Å²) in [6.07, 6.45) is 2.97. The van der Waals surface area contributed by atoms with E-state index in [-0.39, 0.29) is 34.7 Å². The fourth-order valence-corrected chi connectivity index (χ4v) is 3.62. The smallest absolute Gasteiger partial charge is 0.446 e. The van der Waals surface area contributed by atoms with Crippen LogP contribution in [0.1, 0.15) is 49.9 Å². The number of alkyl halides is 3. The molecule has 2 rings (SSSR count). The number of likely N-dealkylation sites (tertiary alicyclic amines) is 1. The van der Waals surface area contributed by atoms with Gasteiger partial charge in [0.2, 0.25) is 0 Å². The molecule has 1 fully saturated rings. The van der Waals surface area contributed by atoms with Crippen LogP contribution in [0.25, 0.3) is 0 Å². The first-order chi connectivity index (χ1) is 12.2. The van der Waals surface area contributed by atoms with Crippen LogP contribution in [0.15, 0.2) is 29.2 Å². The van der Waals surface area contributed by atoms with Crippen molar-refractivity contribution >= 4 is 23.6 Å². The zero-order valence-electron chi connectivity index (χ0n) is 14.8. The Kier molecular flexibility index (Phi) is 6.60. The highest BCUT2D eigenvalue weighted by atomic mass is 32.2. The largest absolute Gasteiger partial charge is 0.464 e. The van der Waals surface area contributed by atoms with Gasteiger partial charge in [0.05, 0.1) is 6.61 Å². The van der Waals surface area contributed by atoms with Crippen molar-refractivity contribution in [2.45, 2.75) is 55.5 Å². The Balaban J connectivity index is 2.25. The molecule has 0 saturated carbocycles. The van der Waals surface area contributed by atoms with Crippen LogP contribution < -0.4 is 0 Å². The molecule has 0 bridgehead atoms.